The molecule has 1 N–H and O–H groups in total. The van der Waals surface area contributed by atoms with Gasteiger partial charge in [0.25, 0.3) is 0 Å². The Hall–Kier alpha value is -0.320. The second-order valence-electron chi connectivity index (χ2n) is 3.86. The molecule has 3 aliphatic heterocycles. The standard InChI is InChI=1S/C8H7Cl2NO3/c9-3-4(10)6-2-1(5(3)14-6)7(12)11-8(2)13/h1-6H,(H,11,12,13)/t1-,2+,3+,4-,5-,6-/m1/s1. The van der Waals surface area contributed by atoms with Crippen LogP contribution in [0.2, 0.25) is 0 Å². The molecule has 0 aromatic heterocycles. The second-order valence-corrected chi connectivity index (χ2v) is 4.87. The van der Waals surface area contributed by atoms with Gasteiger partial charge >= 0.3 is 0 Å². The number of imide groups is 1. The number of halogens is 2. The Morgan fingerprint density at radius 2 is 1.43 bits per heavy atom. The monoisotopic (exact) mass is 235 g/mol. The van der Waals surface area contributed by atoms with Crippen molar-refractivity contribution in [2.75, 3.05) is 0 Å². The van der Waals surface area contributed by atoms with Crippen LogP contribution in [-0.2, 0) is 14.3 Å². The molecule has 3 heterocycles. The van der Waals surface area contributed by atoms with Gasteiger partial charge in [-0.3, -0.25) is 14.9 Å². The van der Waals surface area contributed by atoms with Gasteiger partial charge in [-0.25, -0.2) is 0 Å². The summed E-state index contributed by atoms with van der Waals surface area (Å²) in [5.41, 5.74) is 0. The Labute approximate surface area is 89.9 Å². The number of fused-ring (bicyclic) bond motifs is 5. The molecule has 0 aliphatic carbocycles. The summed E-state index contributed by atoms with van der Waals surface area (Å²) in [6.07, 6.45) is -0.804. The van der Waals surface area contributed by atoms with Crippen molar-refractivity contribution in [1.29, 1.82) is 0 Å². The van der Waals surface area contributed by atoms with E-state index in [9.17, 15) is 9.59 Å². The third-order valence-electron chi connectivity index (χ3n) is 3.19. The van der Waals surface area contributed by atoms with E-state index in [0.29, 0.717) is 0 Å². The molecule has 0 unspecified atom stereocenters. The van der Waals surface area contributed by atoms with Gasteiger partial charge < -0.3 is 4.74 Å². The minimum Gasteiger partial charge on any atom is -0.370 e. The van der Waals surface area contributed by atoms with Crippen molar-refractivity contribution in [1.82, 2.24) is 5.32 Å². The normalized spacial score (nSPS) is 55.0. The third kappa shape index (κ3) is 0.846. The maximum Gasteiger partial charge on any atom is 0.233 e. The van der Waals surface area contributed by atoms with Crippen molar-refractivity contribution in [3.8, 4) is 0 Å². The van der Waals surface area contributed by atoms with Gasteiger partial charge in [0.15, 0.2) is 0 Å². The molecule has 3 saturated heterocycles. The zero-order chi connectivity index (χ0) is 10.0. The smallest absolute Gasteiger partial charge is 0.233 e. The summed E-state index contributed by atoms with van der Waals surface area (Å²) in [5, 5.41) is 1.53. The van der Waals surface area contributed by atoms with Crippen LogP contribution in [0.3, 0.4) is 0 Å². The van der Waals surface area contributed by atoms with E-state index in [1.165, 1.54) is 0 Å². The summed E-state index contributed by atoms with van der Waals surface area (Å²) in [5.74, 6) is -1.40. The first kappa shape index (κ1) is 8.95. The molecule has 2 bridgehead atoms. The predicted octanol–water partition coefficient (Wildman–Crippen LogP) is -0.129. The Balaban J connectivity index is 2.01. The van der Waals surface area contributed by atoms with Crippen LogP contribution in [0.15, 0.2) is 0 Å². The zero-order valence-corrected chi connectivity index (χ0v) is 8.46. The largest absolute Gasteiger partial charge is 0.370 e. The van der Waals surface area contributed by atoms with Crippen molar-refractivity contribution in [3.05, 3.63) is 0 Å². The van der Waals surface area contributed by atoms with Gasteiger partial charge in [0, 0.05) is 0 Å². The van der Waals surface area contributed by atoms with Crippen molar-refractivity contribution in [2.24, 2.45) is 11.8 Å². The quantitative estimate of drug-likeness (QED) is 0.471. The summed E-state index contributed by atoms with van der Waals surface area (Å²) >= 11 is 12.0. The van der Waals surface area contributed by atoms with Crippen LogP contribution in [0.4, 0.5) is 0 Å². The van der Waals surface area contributed by atoms with Crippen LogP contribution < -0.4 is 5.32 Å². The number of ether oxygens (including phenoxy) is 1. The number of rotatable bonds is 0. The molecule has 2 amide bonds. The van der Waals surface area contributed by atoms with Gasteiger partial charge in [-0.2, -0.15) is 0 Å². The molecule has 3 rings (SSSR count). The Bertz CT molecular complexity index is 305. The van der Waals surface area contributed by atoms with Crippen LogP contribution in [0, 0.1) is 11.8 Å². The summed E-state index contributed by atoms with van der Waals surface area (Å²) in [4.78, 5) is 22.8. The molecule has 3 aliphatic rings. The summed E-state index contributed by atoms with van der Waals surface area (Å²) < 4.78 is 5.46. The van der Waals surface area contributed by atoms with E-state index in [2.05, 4.69) is 5.32 Å². The van der Waals surface area contributed by atoms with Gasteiger partial charge in [-0.15, -0.1) is 23.2 Å². The van der Waals surface area contributed by atoms with Gasteiger partial charge in [0.2, 0.25) is 11.8 Å². The molecule has 4 nitrogen and oxygen atoms in total. The third-order valence-corrected chi connectivity index (χ3v) is 4.36. The van der Waals surface area contributed by atoms with E-state index in [0.717, 1.165) is 0 Å². The van der Waals surface area contributed by atoms with E-state index in [4.69, 9.17) is 27.9 Å². The number of alkyl halides is 2. The van der Waals surface area contributed by atoms with Crippen LogP contribution in [0.1, 0.15) is 0 Å². The first-order valence-electron chi connectivity index (χ1n) is 4.39. The minimum absolute atomic E-state index is 0.276. The molecule has 76 valence electrons. The van der Waals surface area contributed by atoms with Crippen LogP contribution in [0.25, 0.3) is 0 Å². The molecule has 3 fully saturated rings. The maximum atomic E-state index is 11.4. The summed E-state index contributed by atoms with van der Waals surface area (Å²) in [6, 6.07) is 0. The molecule has 0 aromatic carbocycles. The fourth-order valence-electron chi connectivity index (χ4n) is 2.58. The van der Waals surface area contributed by atoms with Crippen LogP contribution in [-0.4, -0.2) is 34.8 Å². The van der Waals surface area contributed by atoms with Crippen LogP contribution in [0.5, 0.6) is 0 Å². The Morgan fingerprint density at radius 1 is 1.00 bits per heavy atom. The van der Waals surface area contributed by atoms with Crippen molar-refractivity contribution >= 4 is 35.0 Å². The molecule has 14 heavy (non-hydrogen) atoms. The zero-order valence-electron chi connectivity index (χ0n) is 6.94. The maximum absolute atomic E-state index is 11.4. The lowest BCUT2D eigenvalue weighted by Crippen LogP contribution is -2.42. The lowest BCUT2D eigenvalue weighted by atomic mass is 9.80. The molecule has 0 spiro atoms. The average molecular weight is 236 g/mol. The SMILES string of the molecule is O=C1NC(=O)[C@H]2[C@H]3O[C@@H]([C@H](Cl)[C@@H]3Cl)[C@@H]12. The minimum atomic E-state index is -0.426. The Morgan fingerprint density at radius 3 is 1.86 bits per heavy atom. The highest BCUT2D eigenvalue weighted by Crippen LogP contribution is 2.49. The molecule has 0 aromatic rings. The van der Waals surface area contributed by atoms with Crippen LogP contribution >= 0.6 is 23.2 Å². The van der Waals surface area contributed by atoms with E-state index >= 15 is 0 Å². The number of carbonyl (C=O) groups excluding carboxylic acids is 2. The van der Waals surface area contributed by atoms with Gasteiger partial charge in [0.05, 0.1) is 34.8 Å². The molecule has 6 atom stereocenters. The highest BCUT2D eigenvalue weighted by molar-refractivity contribution is 6.31. The summed E-state index contributed by atoms with van der Waals surface area (Å²) in [6.45, 7) is 0. The first-order chi connectivity index (χ1) is 6.61. The van der Waals surface area contributed by atoms with Crippen molar-refractivity contribution < 1.29 is 14.3 Å². The Kier molecular flexibility index (Phi) is 1.68. The number of carbonyl (C=O) groups is 2. The second kappa shape index (κ2) is 2.62. The lowest BCUT2D eigenvalue weighted by molar-refractivity contribution is -0.128. The van der Waals surface area contributed by atoms with Crippen molar-refractivity contribution in [3.63, 3.8) is 0 Å². The predicted molar refractivity (Wildman–Crippen MR) is 48.1 cm³/mol. The van der Waals surface area contributed by atoms with Gasteiger partial charge in [-0.05, 0) is 0 Å². The van der Waals surface area contributed by atoms with Gasteiger partial charge in [-0.1, -0.05) is 0 Å². The molecule has 0 saturated carbocycles. The van der Waals surface area contributed by atoms with E-state index in [1.54, 1.807) is 0 Å². The topological polar surface area (TPSA) is 55.4 Å². The first-order valence-corrected chi connectivity index (χ1v) is 5.27. The highest BCUT2D eigenvalue weighted by Gasteiger charge is 2.66. The fraction of sp³-hybridized carbons (Fsp3) is 0.750. The van der Waals surface area contributed by atoms with E-state index in [-0.39, 0.29) is 22.6 Å². The average Bonchev–Trinajstić information content (AvgIpc) is 2.71. The molecule has 6 heteroatoms. The van der Waals surface area contributed by atoms with E-state index < -0.39 is 24.0 Å². The summed E-state index contributed by atoms with van der Waals surface area (Å²) in [7, 11) is 0. The molecular formula is C8H7Cl2NO3. The fourth-order valence-corrected chi connectivity index (χ4v) is 3.30. The lowest BCUT2D eigenvalue weighted by Gasteiger charge is -2.24. The molecular weight excluding hydrogens is 229 g/mol. The highest BCUT2D eigenvalue weighted by atomic mass is 35.5. The molecule has 0 radical (unpaired) electrons. The van der Waals surface area contributed by atoms with E-state index in [1.807, 2.05) is 0 Å². The van der Waals surface area contributed by atoms with Gasteiger partial charge in [0.1, 0.15) is 0 Å². The number of amides is 2. The number of hydrogen-bond donors (Lipinski definition) is 1. The number of hydrogen-bond acceptors (Lipinski definition) is 3. The number of nitrogens with one attached hydrogen (secondary N) is 1. The van der Waals surface area contributed by atoms with Crippen molar-refractivity contribution in [2.45, 2.75) is 23.0 Å².